The van der Waals surface area contributed by atoms with E-state index in [0.29, 0.717) is 5.56 Å². The van der Waals surface area contributed by atoms with Gasteiger partial charge in [-0.3, -0.25) is 9.59 Å². The number of carbonyl (C=O) groups is 2. The van der Waals surface area contributed by atoms with Gasteiger partial charge in [0.1, 0.15) is 10.2 Å². The molecule has 2 N–H and O–H groups in total. The number of anilines is 1. The predicted molar refractivity (Wildman–Crippen MR) is 105 cm³/mol. The van der Waals surface area contributed by atoms with E-state index in [1.807, 2.05) is 0 Å². The van der Waals surface area contributed by atoms with Crippen LogP contribution in [0.25, 0.3) is 0 Å². The summed E-state index contributed by atoms with van der Waals surface area (Å²) >= 11 is 18.2. The Bertz CT molecular complexity index is 1000. The van der Waals surface area contributed by atoms with Gasteiger partial charge in [0.05, 0.1) is 16.5 Å². The number of rotatable bonds is 5. The maximum atomic E-state index is 13.9. The van der Waals surface area contributed by atoms with Gasteiger partial charge < -0.3 is 10.6 Å². The summed E-state index contributed by atoms with van der Waals surface area (Å²) in [5.41, 5.74) is -0.236. The fraction of sp³-hybridized carbons (Fsp3) is 0.263. The van der Waals surface area contributed by atoms with E-state index in [1.165, 1.54) is 12.1 Å². The van der Waals surface area contributed by atoms with Crippen molar-refractivity contribution >= 4 is 52.3 Å². The topological polar surface area (TPSA) is 58.2 Å². The Hall–Kier alpha value is -1.96. The molecule has 0 spiro atoms. The molecule has 1 aliphatic rings. The molecule has 1 fully saturated rings. The molecule has 2 aromatic carbocycles. The number of alkyl halides is 2. The molecule has 2 amide bonds. The summed E-state index contributed by atoms with van der Waals surface area (Å²) in [7, 11) is 0. The van der Waals surface area contributed by atoms with Crippen LogP contribution < -0.4 is 10.6 Å². The predicted octanol–water partition coefficient (Wildman–Crippen LogP) is 5.03. The first kappa shape index (κ1) is 21.7. The molecule has 2 atom stereocenters. The van der Waals surface area contributed by atoms with Crippen molar-refractivity contribution in [3.63, 3.8) is 0 Å². The third-order valence-electron chi connectivity index (χ3n) is 4.52. The van der Waals surface area contributed by atoms with E-state index in [1.54, 1.807) is 6.92 Å². The highest BCUT2D eigenvalue weighted by Crippen LogP contribution is 2.65. The highest BCUT2D eigenvalue weighted by molar-refractivity contribution is 6.53. The second-order valence-corrected chi connectivity index (χ2v) is 8.32. The number of carbonyl (C=O) groups excluding carboxylic acids is 2. The van der Waals surface area contributed by atoms with E-state index in [-0.39, 0.29) is 17.3 Å². The Labute approximate surface area is 179 Å². The van der Waals surface area contributed by atoms with Crippen LogP contribution in [0.5, 0.6) is 0 Å². The zero-order valence-corrected chi connectivity index (χ0v) is 17.1. The second-order valence-electron chi connectivity index (χ2n) is 6.47. The van der Waals surface area contributed by atoms with Crippen LogP contribution in [0.15, 0.2) is 30.3 Å². The van der Waals surface area contributed by atoms with Crippen LogP contribution in [0.3, 0.4) is 0 Å². The summed E-state index contributed by atoms with van der Waals surface area (Å²) in [4.78, 5) is 24.5. The van der Waals surface area contributed by atoms with Crippen molar-refractivity contribution in [3.8, 4) is 0 Å². The molecular formula is C19H14Cl3F3N2O2. The number of hydrogen-bond acceptors (Lipinski definition) is 2. The van der Waals surface area contributed by atoms with Crippen LogP contribution >= 0.6 is 34.8 Å². The molecule has 0 radical (unpaired) electrons. The number of benzene rings is 2. The lowest BCUT2D eigenvalue weighted by molar-refractivity contribution is -0.117. The lowest BCUT2D eigenvalue weighted by atomic mass is 10.1. The fourth-order valence-corrected chi connectivity index (χ4v) is 4.09. The van der Waals surface area contributed by atoms with Crippen molar-refractivity contribution in [2.45, 2.75) is 17.2 Å². The summed E-state index contributed by atoms with van der Waals surface area (Å²) < 4.78 is 39.7. The quantitative estimate of drug-likeness (QED) is 0.608. The SMILES string of the molecule is CCNC(=O)c1cc(NC(=O)C2C(c3ccc(F)c(Cl)c3)C2(Cl)Cl)cc(F)c1F. The van der Waals surface area contributed by atoms with Crippen LogP contribution in [-0.4, -0.2) is 22.7 Å². The van der Waals surface area contributed by atoms with Crippen molar-refractivity contribution in [1.29, 1.82) is 0 Å². The molecular weight excluding hydrogens is 452 g/mol. The minimum absolute atomic E-state index is 0.137. The molecule has 4 nitrogen and oxygen atoms in total. The van der Waals surface area contributed by atoms with Gasteiger partial charge in [-0.15, -0.1) is 23.2 Å². The molecule has 154 valence electrons. The van der Waals surface area contributed by atoms with Gasteiger partial charge >= 0.3 is 0 Å². The Morgan fingerprint density at radius 3 is 2.41 bits per heavy atom. The average Bonchev–Trinajstić information content (AvgIpc) is 3.22. The lowest BCUT2D eigenvalue weighted by Gasteiger charge is -2.10. The molecule has 0 heterocycles. The third kappa shape index (κ3) is 4.17. The summed E-state index contributed by atoms with van der Waals surface area (Å²) in [5, 5.41) is 4.59. The van der Waals surface area contributed by atoms with Crippen molar-refractivity contribution in [1.82, 2.24) is 5.32 Å². The van der Waals surface area contributed by atoms with Gasteiger partial charge in [0.2, 0.25) is 5.91 Å². The minimum atomic E-state index is -1.49. The molecule has 0 bridgehead atoms. The first-order chi connectivity index (χ1) is 13.6. The van der Waals surface area contributed by atoms with Crippen LogP contribution in [-0.2, 0) is 4.79 Å². The first-order valence-corrected chi connectivity index (χ1v) is 9.62. The van der Waals surface area contributed by atoms with E-state index in [4.69, 9.17) is 34.8 Å². The van der Waals surface area contributed by atoms with Crippen molar-refractivity contribution in [2.24, 2.45) is 5.92 Å². The molecule has 1 aliphatic carbocycles. The molecule has 0 aromatic heterocycles. The van der Waals surface area contributed by atoms with Crippen molar-refractivity contribution in [3.05, 3.63) is 63.9 Å². The zero-order valence-electron chi connectivity index (χ0n) is 14.8. The van der Waals surface area contributed by atoms with Crippen molar-refractivity contribution in [2.75, 3.05) is 11.9 Å². The van der Waals surface area contributed by atoms with E-state index in [9.17, 15) is 22.8 Å². The van der Waals surface area contributed by atoms with Gasteiger partial charge in [-0.2, -0.15) is 0 Å². The molecule has 3 rings (SSSR count). The Balaban J connectivity index is 1.83. The second kappa shape index (κ2) is 8.05. The third-order valence-corrected chi connectivity index (χ3v) is 5.75. The fourth-order valence-electron chi connectivity index (χ4n) is 3.08. The summed E-state index contributed by atoms with van der Waals surface area (Å²) in [6.45, 7) is 1.83. The molecule has 0 saturated heterocycles. The van der Waals surface area contributed by atoms with Gasteiger partial charge in [0.25, 0.3) is 5.91 Å². The molecule has 0 aliphatic heterocycles. The molecule has 29 heavy (non-hydrogen) atoms. The smallest absolute Gasteiger partial charge is 0.254 e. The van der Waals surface area contributed by atoms with Crippen LogP contribution in [0.4, 0.5) is 18.9 Å². The Kier molecular flexibility index (Phi) is 6.03. The largest absolute Gasteiger partial charge is 0.352 e. The van der Waals surface area contributed by atoms with E-state index in [2.05, 4.69) is 10.6 Å². The van der Waals surface area contributed by atoms with Crippen LogP contribution in [0, 0.1) is 23.4 Å². The molecule has 2 unspecified atom stereocenters. The number of hydrogen-bond donors (Lipinski definition) is 2. The Morgan fingerprint density at radius 1 is 1.10 bits per heavy atom. The molecule has 2 aromatic rings. The van der Waals surface area contributed by atoms with Gasteiger partial charge in [-0.1, -0.05) is 17.7 Å². The van der Waals surface area contributed by atoms with Crippen LogP contribution in [0.1, 0.15) is 28.8 Å². The standard InChI is InChI=1S/C19H14Cl3F3N2O2/c1-2-26-17(28)10-6-9(7-13(24)16(10)25)27-18(29)15-14(19(15,21)22)8-3-4-12(23)11(20)5-8/h3-7,14-15H,2H2,1H3,(H,26,28)(H,27,29). The number of halogens is 6. The first-order valence-electron chi connectivity index (χ1n) is 8.48. The molecule has 10 heteroatoms. The van der Waals surface area contributed by atoms with Gasteiger partial charge in [0.15, 0.2) is 11.6 Å². The highest BCUT2D eigenvalue weighted by atomic mass is 35.5. The minimum Gasteiger partial charge on any atom is -0.352 e. The monoisotopic (exact) mass is 464 g/mol. The maximum absolute atomic E-state index is 13.9. The normalized spacial score (nSPS) is 19.6. The lowest BCUT2D eigenvalue weighted by Crippen LogP contribution is -2.25. The van der Waals surface area contributed by atoms with Gasteiger partial charge in [0, 0.05) is 24.2 Å². The van der Waals surface area contributed by atoms with E-state index < -0.39 is 51.0 Å². The highest BCUT2D eigenvalue weighted by Gasteiger charge is 2.67. The Morgan fingerprint density at radius 2 is 1.79 bits per heavy atom. The van der Waals surface area contributed by atoms with Gasteiger partial charge in [-0.05, 0) is 30.7 Å². The zero-order chi connectivity index (χ0) is 21.5. The summed E-state index contributed by atoms with van der Waals surface area (Å²) in [6.07, 6.45) is 0. The van der Waals surface area contributed by atoms with Crippen LogP contribution in [0.2, 0.25) is 5.02 Å². The molecule has 1 saturated carbocycles. The van der Waals surface area contributed by atoms with E-state index >= 15 is 0 Å². The average molecular weight is 466 g/mol. The number of nitrogens with one attached hydrogen (secondary N) is 2. The summed E-state index contributed by atoms with van der Waals surface area (Å²) in [6, 6.07) is 5.61. The maximum Gasteiger partial charge on any atom is 0.254 e. The number of amides is 2. The van der Waals surface area contributed by atoms with Gasteiger partial charge in [-0.25, -0.2) is 13.2 Å². The van der Waals surface area contributed by atoms with Crippen molar-refractivity contribution < 1.29 is 22.8 Å². The van der Waals surface area contributed by atoms with E-state index in [0.717, 1.165) is 18.2 Å². The summed E-state index contributed by atoms with van der Waals surface area (Å²) in [5.74, 6) is -6.40.